The molecule has 0 saturated heterocycles. The highest BCUT2D eigenvalue weighted by Gasteiger charge is 2.25. The van der Waals surface area contributed by atoms with Gasteiger partial charge in [-0.1, -0.05) is 218 Å². The number of hydrogen-bond acceptors (Lipinski definition) is 4. The number of aryl methyl sites for hydroxylation is 1. The molecule has 0 amide bonds. The number of fused-ring (bicyclic) bond motifs is 4. The van der Waals surface area contributed by atoms with E-state index in [-0.39, 0.29) is 0 Å². The second kappa shape index (κ2) is 22.9. The molecular weight excluding hydrogens is 1050 g/mol. The highest BCUT2D eigenvalue weighted by Crippen LogP contribution is 2.51. The Bertz CT molecular complexity index is 4830. The summed E-state index contributed by atoms with van der Waals surface area (Å²) in [6.07, 6.45) is 0. The summed E-state index contributed by atoms with van der Waals surface area (Å²) < 4.78 is 0. The van der Waals surface area contributed by atoms with Crippen LogP contribution in [0, 0.1) is 6.92 Å². The summed E-state index contributed by atoms with van der Waals surface area (Å²) in [7, 11) is 0. The molecule has 0 radical (unpaired) electrons. The van der Waals surface area contributed by atoms with E-state index in [2.05, 4.69) is 372 Å². The summed E-state index contributed by atoms with van der Waals surface area (Å²) in [5.41, 5.74) is 19.1. The number of hydrogen-bond donors (Lipinski definition) is 0. The van der Waals surface area contributed by atoms with Crippen molar-refractivity contribution in [2.24, 2.45) is 0 Å². The summed E-state index contributed by atoms with van der Waals surface area (Å²) in [4.78, 5) is 9.44. The van der Waals surface area contributed by atoms with Gasteiger partial charge in [0.2, 0.25) is 0 Å². The molecule has 0 bridgehead atoms. The van der Waals surface area contributed by atoms with Crippen LogP contribution in [0.1, 0.15) is 5.56 Å². The molecule has 4 heteroatoms. The number of nitrogens with zero attached hydrogens (tertiary/aromatic N) is 4. The monoisotopic (exact) mass is 1110 g/mol. The van der Waals surface area contributed by atoms with Crippen LogP contribution in [0.2, 0.25) is 0 Å². The van der Waals surface area contributed by atoms with Gasteiger partial charge in [-0.25, -0.2) is 0 Å². The van der Waals surface area contributed by atoms with E-state index in [0.29, 0.717) is 0 Å². The molecule has 0 fully saturated rings. The third-order valence-corrected chi connectivity index (χ3v) is 16.8. The minimum absolute atomic E-state index is 1.07. The van der Waals surface area contributed by atoms with Crippen molar-refractivity contribution in [2.45, 2.75) is 6.92 Å². The minimum atomic E-state index is 1.07. The molecule has 15 aromatic rings. The zero-order chi connectivity index (χ0) is 58.0. The lowest BCUT2D eigenvalue weighted by molar-refractivity contribution is 1.26. The molecule has 412 valence electrons. The van der Waals surface area contributed by atoms with Gasteiger partial charge in [0.25, 0.3) is 0 Å². The first-order valence-corrected chi connectivity index (χ1v) is 29.8. The van der Waals surface area contributed by atoms with Crippen molar-refractivity contribution in [2.75, 3.05) is 19.6 Å². The lowest BCUT2D eigenvalue weighted by atomic mass is 9.83. The maximum absolute atomic E-state index is 2.41. The topological polar surface area (TPSA) is 13.0 Å². The predicted octanol–water partition coefficient (Wildman–Crippen LogP) is 23.8. The van der Waals surface area contributed by atoms with Crippen LogP contribution in [0.5, 0.6) is 0 Å². The molecule has 0 aliphatic heterocycles. The zero-order valence-electron chi connectivity index (χ0n) is 48.2. The van der Waals surface area contributed by atoms with E-state index in [1.807, 2.05) is 0 Å². The smallest absolute Gasteiger partial charge is 0.0540 e. The largest absolute Gasteiger partial charge is 0.311 e. The molecule has 0 heterocycles. The van der Waals surface area contributed by atoms with Gasteiger partial charge in [-0.3, -0.25) is 0 Å². The van der Waals surface area contributed by atoms with Crippen molar-refractivity contribution >= 4 is 111 Å². The van der Waals surface area contributed by atoms with Crippen molar-refractivity contribution < 1.29 is 0 Å². The third-order valence-electron chi connectivity index (χ3n) is 16.8. The first kappa shape index (κ1) is 52.4. The Hall–Kier alpha value is -11.5. The van der Waals surface area contributed by atoms with Crippen LogP contribution in [-0.4, -0.2) is 0 Å². The summed E-state index contributed by atoms with van der Waals surface area (Å²) in [5, 5.41) is 9.54. The molecule has 4 nitrogen and oxygen atoms in total. The molecule has 87 heavy (non-hydrogen) atoms. The lowest BCUT2D eigenvalue weighted by Crippen LogP contribution is -2.12. The molecule has 0 N–H and O–H groups in total. The third kappa shape index (κ3) is 9.75. The van der Waals surface area contributed by atoms with E-state index in [9.17, 15) is 0 Å². The van der Waals surface area contributed by atoms with Gasteiger partial charge in [-0.05, 0) is 195 Å². The molecule has 0 spiro atoms. The summed E-state index contributed by atoms with van der Waals surface area (Å²) in [5.74, 6) is 0. The lowest BCUT2D eigenvalue weighted by Gasteiger charge is -2.30. The molecule has 15 rings (SSSR count). The van der Waals surface area contributed by atoms with Crippen LogP contribution < -0.4 is 19.6 Å². The maximum atomic E-state index is 2.41. The second-order valence-corrected chi connectivity index (χ2v) is 22.1. The Morgan fingerprint density at radius 1 is 0.172 bits per heavy atom. The number of para-hydroxylation sites is 6. The fourth-order valence-corrected chi connectivity index (χ4v) is 13.0. The predicted molar refractivity (Wildman–Crippen MR) is 371 cm³/mol. The molecule has 15 aromatic carbocycles. The SMILES string of the molecule is Cc1ccc2c(-c3ccc(N(c4ccccc4)c4ccc(N(c5ccccc5)c5ccccc5)cc4)c4ccccc34)c3ccccc3c(-c3ccc(N(c4ccccc4)c4ccc(N(c5ccccc5)c5ccccc5)cc4)c4ccccc34)c2c1. The average Bonchev–Trinajstić information content (AvgIpc) is 0.802. The average molecular weight is 1110 g/mol. The van der Waals surface area contributed by atoms with Crippen LogP contribution in [0.25, 0.3) is 65.3 Å². The molecular formula is C83H60N4. The van der Waals surface area contributed by atoms with E-state index in [1.165, 1.54) is 60.1 Å². The summed E-state index contributed by atoms with van der Waals surface area (Å²) in [6, 6.07) is 125. The first-order valence-electron chi connectivity index (χ1n) is 29.8. The van der Waals surface area contributed by atoms with Gasteiger partial charge < -0.3 is 19.6 Å². The van der Waals surface area contributed by atoms with Crippen LogP contribution in [0.3, 0.4) is 0 Å². The summed E-state index contributed by atoms with van der Waals surface area (Å²) in [6.45, 7) is 2.22. The van der Waals surface area contributed by atoms with Gasteiger partial charge in [-0.15, -0.1) is 0 Å². The van der Waals surface area contributed by atoms with Gasteiger partial charge in [-0.2, -0.15) is 0 Å². The second-order valence-electron chi connectivity index (χ2n) is 22.1. The van der Waals surface area contributed by atoms with E-state index < -0.39 is 0 Å². The molecule has 0 aliphatic carbocycles. The Balaban J connectivity index is 0.868. The van der Waals surface area contributed by atoms with Gasteiger partial charge in [0.05, 0.1) is 11.4 Å². The van der Waals surface area contributed by atoms with Gasteiger partial charge in [0, 0.05) is 67.6 Å². The van der Waals surface area contributed by atoms with Crippen molar-refractivity contribution in [3.05, 3.63) is 351 Å². The molecule has 0 unspecified atom stereocenters. The minimum Gasteiger partial charge on any atom is -0.311 e. The van der Waals surface area contributed by atoms with E-state index >= 15 is 0 Å². The van der Waals surface area contributed by atoms with Crippen LogP contribution in [0.4, 0.5) is 68.2 Å². The van der Waals surface area contributed by atoms with Crippen LogP contribution in [0.15, 0.2) is 346 Å². The van der Waals surface area contributed by atoms with Crippen molar-refractivity contribution in [1.82, 2.24) is 0 Å². The number of rotatable bonds is 14. The van der Waals surface area contributed by atoms with Gasteiger partial charge in [0.15, 0.2) is 0 Å². The molecule has 0 atom stereocenters. The Morgan fingerprint density at radius 3 is 0.747 bits per heavy atom. The zero-order valence-corrected chi connectivity index (χ0v) is 48.2. The Kier molecular flexibility index (Phi) is 13.8. The van der Waals surface area contributed by atoms with Crippen molar-refractivity contribution in [3.8, 4) is 22.3 Å². The number of benzene rings is 15. The first-order chi connectivity index (χ1) is 43.1. The van der Waals surface area contributed by atoms with Crippen LogP contribution in [-0.2, 0) is 0 Å². The van der Waals surface area contributed by atoms with E-state index in [0.717, 1.165) is 79.0 Å². The van der Waals surface area contributed by atoms with Crippen LogP contribution >= 0.6 is 0 Å². The standard InChI is InChI=1S/C83H60N4/c1-59-44-53-78-79(58-59)83(77-55-57-81(73-41-23-21-39-71(73)77)87(65-36-18-7-19-37-65)69-51-47-67(48-52-69)85(62-30-12-4-13-31-62)63-32-14-5-15-33-63)75-43-25-24-42-74(75)82(78)76-54-56-80(72-40-22-20-38-70(72)76)86(64-34-16-6-17-35-64)68-49-45-66(46-50-68)84(60-26-8-2-9-27-60)61-28-10-3-11-29-61/h2-58H,1H3. The quantitative estimate of drug-likeness (QED) is 0.101. The molecule has 0 saturated carbocycles. The molecule has 0 aromatic heterocycles. The van der Waals surface area contributed by atoms with Crippen molar-refractivity contribution in [1.29, 1.82) is 0 Å². The highest BCUT2D eigenvalue weighted by molar-refractivity contribution is 6.26. The maximum Gasteiger partial charge on any atom is 0.0540 e. The Morgan fingerprint density at radius 2 is 0.414 bits per heavy atom. The van der Waals surface area contributed by atoms with Gasteiger partial charge >= 0.3 is 0 Å². The number of anilines is 12. The Labute approximate surface area is 508 Å². The fraction of sp³-hybridized carbons (Fsp3) is 0.0120. The van der Waals surface area contributed by atoms with E-state index in [1.54, 1.807) is 0 Å². The van der Waals surface area contributed by atoms with E-state index in [4.69, 9.17) is 0 Å². The van der Waals surface area contributed by atoms with Gasteiger partial charge in [0.1, 0.15) is 0 Å². The highest BCUT2D eigenvalue weighted by atomic mass is 15.2. The normalized spacial score (nSPS) is 11.3. The fourth-order valence-electron chi connectivity index (χ4n) is 13.0. The van der Waals surface area contributed by atoms with Crippen molar-refractivity contribution in [3.63, 3.8) is 0 Å². The molecule has 0 aliphatic rings. The summed E-state index contributed by atoms with van der Waals surface area (Å²) >= 11 is 0.